The molecule has 1 rings (SSSR count). The molecule has 5 nitrogen and oxygen atoms in total. The van der Waals surface area contributed by atoms with Gasteiger partial charge in [0.2, 0.25) is 0 Å². The van der Waals surface area contributed by atoms with Gasteiger partial charge in [-0.3, -0.25) is 0 Å². The number of aliphatic hydroxyl groups excluding tert-OH is 1. The Kier molecular flexibility index (Phi) is 5.43. The Hall–Kier alpha value is -1.27. The number of carbonyl (C=O) groups excluding carboxylic acids is 1. The van der Waals surface area contributed by atoms with E-state index >= 15 is 0 Å². The summed E-state index contributed by atoms with van der Waals surface area (Å²) in [5.41, 5.74) is 0.287. The van der Waals surface area contributed by atoms with E-state index < -0.39 is 12.1 Å². The van der Waals surface area contributed by atoms with Crippen LogP contribution in [0.5, 0.6) is 11.5 Å². The summed E-state index contributed by atoms with van der Waals surface area (Å²) in [5.74, 6) is -0.00349. The molecule has 0 aliphatic rings. The van der Waals surface area contributed by atoms with Crippen molar-refractivity contribution in [2.75, 3.05) is 20.8 Å². The zero-order valence-corrected chi connectivity index (χ0v) is 12.0. The van der Waals surface area contributed by atoms with Gasteiger partial charge in [-0.15, -0.1) is 0 Å². The molecule has 1 aromatic rings. The fourth-order valence-electron chi connectivity index (χ4n) is 1.52. The second-order valence-corrected chi connectivity index (χ2v) is 4.21. The lowest BCUT2D eigenvalue weighted by Gasteiger charge is -2.17. The molecule has 0 spiro atoms. The third kappa shape index (κ3) is 2.94. The van der Waals surface area contributed by atoms with Gasteiger partial charge in [-0.2, -0.15) is 0 Å². The van der Waals surface area contributed by atoms with Crippen molar-refractivity contribution in [3.63, 3.8) is 0 Å². The summed E-state index contributed by atoms with van der Waals surface area (Å²) in [4.78, 5) is 11.6. The van der Waals surface area contributed by atoms with E-state index in [0.717, 1.165) is 0 Å². The molecule has 0 heterocycles. The Bertz CT molecular complexity index is 433. The van der Waals surface area contributed by atoms with E-state index in [9.17, 15) is 9.90 Å². The maximum atomic E-state index is 11.6. The molecule has 0 bridgehead atoms. The molecule has 0 aromatic heterocycles. The van der Waals surface area contributed by atoms with Crippen LogP contribution in [0.4, 0.5) is 0 Å². The highest BCUT2D eigenvalue weighted by Gasteiger charge is 2.27. The van der Waals surface area contributed by atoms with E-state index in [1.165, 1.54) is 14.2 Å². The molecule has 0 saturated heterocycles. The van der Waals surface area contributed by atoms with Gasteiger partial charge in [0.15, 0.2) is 17.6 Å². The number of benzene rings is 1. The molecule has 0 radical (unpaired) electrons. The number of hydrogen-bond donors (Lipinski definition) is 1. The molecule has 0 saturated carbocycles. The van der Waals surface area contributed by atoms with Crippen LogP contribution in [0, 0.1) is 0 Å². The van der Waals surface area contributed by atoms with Crippen molar-refractivity contribution in [1.82, 2.24) is 0 Å². The smallest absolute Gasteiger partial charge is 0.339 e. The summed E-state index contributed by atoms with van der Waals surface area (Å²) in [6, 6.07) is 3.34. The normalized spacial score (nSPS) is 11.8. The Morgan fingerprint density at radius 1 is 1.39 bits per heavy atom. The minimum absolute atomic E-state index is 0.194. The van der Waals surface area contributed by atoms with Crippen LogP contribution in [0.15, 0.2) is 16.6 Å². The second-order valence-electron chi connectivity index (χ2n) is 3.35. The van der Waals surface area contributed by atoms with Crippen molar-refractivity contribution in [2.45, 2.75) is 13.0 Å². The molecular weight excluding hydrogens is 304 g/mol. The predicted octanol–water partition coefficient (Wildman–Crippen LogP) is 2.06. The number of methoxy groups -OCH3 is 2. The molecular formula is C12H15BrO5. The molecule has 0 fully saturated rings. The topological polar surface area (TPSA) is 65.0 Å². The molecule has 1 unspecified atom stereocenters. The van der Waals surface area contributed by atoms with Gasteiger partial charge in [0.05, 0.1) is 26.4 Å². The van der Waals surface area contributed by atoms with Crippen LogP contribution in [-0.2, 0) is 9.53 Å². The first-order valence-corrected chi connectivity index (χ1v) is 6.11. The van der Waals surface area contributed by atoms with Crippen molar-refractivity contribution in [3.05, 3.63) is 22.2 Å². The number of aliphatic hydroxyl groups is 1. The monoisotopic (exact) mass is 318 g/mol. The lowest BCUT2D eigenvalue weighted by atomic mass is 10.1. The van der Waals surface area contributed by atoms with E-state index in [-0.39, 0.29) is 12.2 Å². The van der Waals surface area contributed by atoms with Crippen molar-refractivity contribution >= 4 is 21.9 Å². The number of rotatable bonds is 5. The van der Waals surface area contributed by atoms with Gasteiger partial charge in [-0.05, 0) is 19.1 Å². The van der Waals surface area contributed by atoms with Gasteiger partial charge in [-0.1, -0.05) is 15.9 Å². The van der Waals surface area contributed by atoms with Crippen molar-refractivity contribution < 1.29 is 24.1 Å². The summed E-state index contributed by atoms with van der Waals surface area (Å²) in [6.07, 6.45) is -1.43. The molecule has 18 heavy (non-hydrogen) atoms. The van der Waals surface area contributed by atoms with Gasteiger partial charge in [-0.25, -0.2) is 4.79 Å². The Balaban J connectivity index is 3.24. The van der Waals surface area contributed by atoms with E-state index in [1.54, 1.807) is 19.1 Å². The molecule has 0 aliphatic heterocycles. The molecule has 1 aromatic carbocycles. The number of carbonyl (C=O) groups is 1. The van der Waals surface area contributed by atoms with Crippen molar-refractivity contribution in [2.24, 2.45) is 0 Å². The molecule has 0 aliphatic carbocycles. The van der Waals surface area contributed by atoms with Crippen molar-refractivity contribution in [3.8, 4) is 11.5 Å². The SMILES string of the molecule is CCOC(=O)C(O)c1c(Br)ccc(OC)c1OC. The average Bonchev–Trinajstić information content (AvgIpc) is 2.37. The molecule has 6 heteroatoms. The fraction of sp³-hybridized carbons (Fsp3) is 0.417. The average molecular weight is 319 g/mol. The predicted molar refractivity (Wildman–Crippen MR) is 68.8 cm³/mol. The fourth-order valence-corrected chi connectivity index (χ4v) is 2.05. The lowest BCUT2D eigenvalue weighted by Crippen LogP contribution is -2.17. The lowest BCUT2D eigenvalue weighted by molar-refractivity contribution is -0.153. The van der Waals surface area contributed by atoms with Crippen LogP contribution in [-0.4, -0.2) is 31.9 Å². The Morgan fingerprint density at radius 3 is 2.56 bits per heavy atom. The number of halogens is 1. The van der Waals surface area contributed by atoms with Crippen LogP contribution in [0.25, 0.3) is 0 Å². The van der Waals surface area contributed by atoms with E-state index in [2.05, 4.69) is 15.9 Å². The van der Waals surface area contributed by atoms with E-state index in [0.29, 0.717) is 16.0 Å². The minimum atomic E-state index is -1.43. The van der Waals surface area contributed by atoms with Crippen LogP contribution in [0.1, 0.15) is 18.6 Å². The summed E-state index contributed by atoms with van der Waals surface area (Å²) in [7, 11) is 2.91. The summed E-state index contributed by atoms with van der Waals surface area (Å²) in [5, 5.41) is 9.99. The quantitative estimate of drug-likeness (QED) is 0.842. The Labute approximate surface area is 114 Å². The molecule has 100 valence electrons. The van der Waals surface area contributed by atoms with Crippen LogP contribution in [0.3, 0.4) is 0 Å². The molecule has 1 N–H and O–H groups in total. The first-order valence-electron chi connectivity index (χ1n) is 5.31. The third-order valence-electron chi connectivity index (χ3n) is 2.31. The maximum Gasteiger partial charge on any atom is 0.339 e. The van der Waals surface area contributed by atoms with E-state index in [4.69, 9.17) is 14.2 Å². The van der Waals surface area contributed by atoms with E-state index in [1.807, 2.05) is 0 Å². The van der Waals surface area contributed by atoms with Gasteiger partial charge in [0.25, 0.3) is 0 Å². The van der Waals surface area contributed by atoms with Gasteiger partial charge < -0.3 is 19.3 Å². The first kappa shape index (κ1) is 14.8. The van der Waals surface area contributed by atoms with Crippen LogP contribution >= 0.6 is 15.9 Å². The zero-order chi connectivity index (χ0) is 13.7. The van der Waals surface area contributed by atoms with Crippen LogP contribution in [0.2, 0.25) is 0 Å². The highest BCUT2D eigenvalue weighted by atomic mass is 79.9. The largest absolute Gasteiger partial charge is 0.493 e. The second kappa shape index (κ2) is 6.61. The zero-order valence-electron chi connectivity index (χ0n) is 10.4. The minimum Gasteiger partial charge on any atom is -0.493 e. The maximum absolute atomic E-state index is 11.6. The Morgan fingerprint density at radius 2 is 2.06 bits per heavy atom. The summed E-state index contributed by atoms with van der Waals surface area (Å²) in [6.45, 7) is 1.86. The van der Waals surface area contributed by atoms with Gasteiger partial charge >= 0.3 is 5.97 Å². The molecule has 1 atom stereocenters. The summed E-state index contributed by atoms with van der Waals surface area (Å²) >= 11 is 3.27. The van der Waals surface area contributed by atoms with Crippen LogP contribution < -0.4 is 9.47 Å². The first-order chi connectivity index (χ1) is 8.56. The van der Waals surface area contributed by atoms with Gasteiger partial charge in [0, 0.05) is 4.47 Å². The highest BCUT2D eigenvalue weighted by molar-refractivity contribution is 9.10. The third-order valence-corrected chi connectivity index (χ3v) is 3.01. The highest BCUT2D eigenvalue weighted by Crippen LogP contribution is 2.40. The summed E-state index contributed by atoms with van der Waals surface area (Å²) < 4.78 is 15.6. The number of esters is 1. The number of ether oxygens (including phenoxy) is 3. The van der Waals surface area contributed by atoms with Crippen molar-refractivity contribution in [1.29, 1.82) is 0 Å². The molecule has 0 amide bonds. The standard InChI is InChI=1S/C12H15BrO5/c1-4-18-12(15)10(14)9-7(13)5-6-8(16-2)11(9)17-3/h5-6,10,14H,4H2,1-3H3. The number of hydrogen-bond acceptors (Lipinski definition) is 5. The van der Waals surface area contributed by atoms with Gasteiger partial charge in [0.1, 0.15) is 0 Å².